The Morgan fingerprint density at radius 2 is 2.08 bits per heavy atom. The Labute approximate surface area is 80.1 Å². The Morgan fingerprint density at radius 3 is 2.69 bits per heavy atom. The monoisotopic (exact) mass is 173 g/mol. The summed E-state index contributed by atoms with van der Waals surface area (Å²) in [6, 6.07) is 0. The van der Waals surface area contributed by atoms with Crippen molar-refractivity contribution in [3.8, 4) is 0 Å². The molecule has 68 valence electrons. The zero-order valence-corrected chi connectivity index (χ0v) is 8.25. The number of hydrogen-bond acceptors (Lipinski definition) is 1. The second-order valence-corrected chi connectivity index (χ2v) is 3.00. The predicted molar refractivity (Wildman–Crippen MR) is 58.1 cm³/mol. The van der Waals surface area contributed by atoms with Crippen LogP contribution in [0.15, 0.2) is 60.5 Å². The van der Waals surface area contributed by atoms with E-state index < -0.39 is 0 Å². The van der Waals surface area contributed by atoms with Crippen molar-refractivity contribution in [2.75, 3.05) is 7.05 Å². The number of allylic oxidation sites excluding steroid dienone is 5. The topological polar surface area (TPSA) is 3.24 Å². The van der Waals surface area contributed by atoms with Crippen LogP contribution in [-0.2, 0) is 0 Å². The van der Waals surface area contributed by atoms with E-state index in [-0.39, 0.29) is 0 Å². The first kappa shape index (κ1) is 9.59. The zero-order chi connectivity index (χ0) is 9.84. The average Bonchev–Trinajstić information content (AvgIpc) is 2.12. The molecule has 0 saturated heterocycles. The van der Waals surface area contributed by atoms with Crippen molar-refractivity contribution in [3.05, 3.63) is 60.5 Å². The van der Waals surface area contributed by atoms with E-state index in [0.717, 1.165) is 16.8 Å². The van der Waals surface area contributed by atoms with Gasteiger partial charge in [-0.25, -0.2) is 0 Å². The Bertz CT molecular complexity index is 316. The molecule has 0 aromatic carbocycles. The lowest BCUT2D eigenvalue weighted by atomic mass is 10.0. The molecule has 0 aromatic rings. The van der Waals surface area contributed by atoms with Crippen LogP contribution < -0.4 is 0 Å². The van der Waals surface area contributed by atoms with E-state index in [0.29, 0.717) is 0 Å². The van der Waals surface area contributed by atoms with Crippen molar-refractivity contribution in [2.24, 2.45) is 0 Å². The van der Waals surface area contributed by atoms with Gasteiger partial charge < -0.3 is 4.90 Å². The molecule has 0 bridgehead atoms. The molecule has 0 aromatic heterocycles. The fourth-order valence-corrected chi connectivity index (χ4v) is 1.15. The number of rotatable bonds is 1. The Balaban J connectivity index is 3.02. The Morgan fingerprint density at radius 1 is 1.38 bits per heavy atom. The van der Waals surface area contributed by atoms with Crippen LogP contribution in [0, 0.1) is 0 Å². The summed E-state index contributed by atoms with van der Waals surface area (Å²) in [5, 5.41) is 0. The van der Waals surface area contributed by atoms with E-state index in [1.54, 1.807) is 0 Å². The van der Waals surface area contributed by atoms with Crippen molar-refractivity contribution in [3.63, 3.8) is 0 Å². The summed E-state index contributed by atoms with van der Waals surface area (Å²) in [5.74, 6) is 0. The van der Waals surface area contributed by atoms with Crippen molar-refractivity contribution in [1.82, 2.24) is 4.90 Å². The highest BCUT2D eigenvalue weighted by Gasteiger charge is 2.11. The van der Waals surface area contributed by atoms with Crippen LogP contribution in [0.3, 0.4) is 0 Å². The molecule has 1 nitrogen and oxygen atoms in total. The Kier molecular flexibility index (Phi) is 2.91. The summed E-state index contributed by atoms with van der Waals surface area (Å²) in [6.45, 7) is 9.94. The normalized spacial score (nSPS) is 20.8. The van der Waals surface area contributed by atoms with E-state index in [9.17, 15) is 0 Å². The molecule has 13 heavy (non-hydrogen) atoms. The van der Waals surface area contributed by atoms with Gasteiger partial charge in [-0.3, -0.25) is 0 Å². The SMILES string of the molecule is C=C1C=CN(C)C(=C)/C1=C/C=C\C. The molecule has 1 heterocycles. The smallest absolute Gasteiger partial charge is 0.0409 e. The molecule has 0 spiro atoms. The minimum absolute atomic E-state index is 0.991. The van der Waals surface area contributed by atoms with Gasteiger partial charge in [-0.15, -0.1) is 0 Å². The molecule has 0 fully saturated rings. The molecule has 0 amide bonds. The number of likely N-dealkylation sites (N-methyl/N-ethyl adjacent to an activating group) is 1. The highest BCUT2D eigenvalue weighted by molar-refractivity contribution is 5.53. The van der Waals surface area contributed by atoms with Gasteiger partial charge in [0.15, 0.2) is 0 Å². The first-order chi connectivity index (χ1) is 6.16. The molecular weight excluding hydrogens is 158 g/mol. The van der Waals surface area contributed by atoms with Crippen LogP contribution in [0.5, 0.6) is 0 Å². The van der Waals surface area contributed by atoms with E-state index in [1.807, 2.05) is 49.4 Å². The van der Waals surface area contributed by atoms with Crippen LogP contribution in [0.4, 0.5) is 0 Å². The fourth-order valence-electron chi connectivity index (χ4n) is 1.15. The van der Waals surface area contributed by atoms with Crippen molar-refractivity contribution in [2.45, 2.75) is 6.92 Å². The van der Waals surface area contributed by atoms with Crippen LogP contribution in [0.25, 0.3) is 0 Å². The lowest BCUT2D eigenvalue weighted by Gasteiger charge is -2.24. The van der Waals surface area contributed by atoms with Gasteiger partial charge in [0.05, 0.1) is 0 Å². The third kappa shape index (κ3) is 2.00. The summed E-state index contributed by atoms with van der Waals surface area (Å²) in [6.07, 6.45) is 9.98. The third-order valence-electron chi connectivity index (χ3n) is 2.04. The van der Waals surface area contributed by atoms with E-state index in [2.05, 4.69) is 13.2 Å². The van der Waals surface area contributed by atoms with Gasteiger partial charge in [-0.05, 0) is 18.6 Å². The van der Waals surface area contributed by atoms with Gasteiger partial charge in [0.1, 0.15) is 0 Å². The first-order valence-electron chi connectivity index (χ1n) is 4.29. The molecule has 0 atom stereocenters. The molecule has 0 saturated carbocycles. The van der Waals surface area contributed by atoms with Crippen molar-refractivity contribution < 1.29 is 0 Å². The lowest BCUT2D eigenvalue weighted by Crippen LogP contribution is -2.15. The molecule has 1 heteroatoms. The van der Waals surface area contributed by atoms with Gasteiger partial charge in [0, 0.05) is 24.5 Å². The van der Waals surface area contributed by atoms with Gasteiger partial charge in [0.2, 0.25) is 0 Å². The molecule has 0 unspecified atom stereocenters. The minimum atomic E-state index is 0.991. The molecule has 1 aliphatic heterocycles. The van der Waals surface area contributed by atoms with Crippen molar-refractivity contribution >= 4 is 0 Å². The number of nitrogens with zero attached hydrogens (tertiary/aromatic N) is 1. The highest BCUT2D eigenvalue weighted by Crippen LogP contribution is 2.25. The molecule has 1 aliphatic rings. The maximum atomic E-state index is 3.99. The highest BCUT2D eigenvalue weighted by atomic mass is 15.1. The van der Waals surface area contributed by atoms with Crippen LogP contribution in [-0.4, -0.2) is 11.9 Å². The predicted octanol–water partition coefficient (Wildman–Crippen LogP) is 3.02. The summed E-state index contributed by atoms with van der Waals surface area (Å²) in [4.78, 5) is 1.99. The quantitative estimate of drug-likeness (QED) is 0.589. The van der Waals surface area contributed by atoms with E-state index in [1.165, 1.54) is 0 Å². The second-order valence-electron chi connectivity index (χ2n) is 3.00. The Hall–Kier alpha value is -1.50. The van der Waals surface area contributed by atoms with Gasteiger partial charge in [-0.1, -0.05) is 31.4 Å². The molecular formula is C12H15N. The molecule has 0 aliphatic carbocycles. The molecule has 0 radical (unpaired) electrons. The maximum absolute atomic E-state index is 3.99. The molecule has 1 rings (SSSR count). The largest absolute Gasteiger partial charge is 0.351 e. The maximum Gasteiger partial charge on any atom is 0.0409 e. The zero-order valence-electron chi connectivity index (χ0n) is 8.25. The third-order valence-corrected chi connectivity index (χ3v) is 2.04. The van der Waals surface area contributed by atoms with Gasteiger partial charge in [0.25, 0.3) is 0 Å². The second kappa shape index (κ2) is 3.94. The van der Waals surface area contributed by atoms with Crippen molar-refractivity contribution in [1.29, 1.82) is 0 Å². The van der Waals surface area contributed by atoms with Crippen LogP contribution in [0.2, 0.25) is 0 Å². The minimum Gasteiger partial charge on any atom is -0.351 e. The van der Waals surface area contributed by atoms with Crippen LogP contribution >= 0.6 is 0 Å². The average molecular weight is 173 g/mol. The van der Waals surface area contributed by atoms with E-state index in [4.69, 9.17) is 0 Å². The van der Waals surface area contributed by atoms with Gasteiger partial charge in [-0.2, -0.15) is 0 Å². The summed E-state index contributed by atoms with van der Waals surface area (Å²) in [7, 11) is 1.98. The van der Waals surface area contributed by atoms with Gasteiger partial charge >= 0.3 is 0 Å². The fraction of sp³-hybridized carbons (Fsp3) is 0.167. The first-order valence-corrected chi connectivity index (χ1v) is 4.29. The van der Waals surface area contributed by atoms with Crippen LogP contribution in [0.1, 0.15) is 6.92 Å². The standard InChI is InChI=1S/C12H15N/c1-5-6-7-12-10(2)8-9-13(4)11(12)3/h5-9H,2-3H2,1,4H3/b6-5-,12-7+. The number of hydrogen-bond donors (Lipinski definition) is 0. The summed E-state index contributed by atoms with van der Waals surface area (Å²) >= 11 is 0. The summed E-state index contributed by atoms with van der Waals surface area (Å²) < 4.78 is 0. The lowest BCUT2D eigenvalue weighted by molar-refractivity contribution is 0.575. The summed E-state index contributed by atoms with van der Waals surface area (Å²) in [5.41, 5.74) is 3.11. The van der Waals surface area contributed by atoms with E-state index >= 15 is 0 Å². The molecule has 0 N–H and O–H groups in total.